The van der Waals surface area contributed by atoms with Crippen LogP contribution in [-0.2, 0) is 19.3 Å². The number of hydrogen-bond donors (Lipinski definition) is 1. The van der Waals surface area contributed by atoms with Gasteiger partial charge in [0.05, 0.1) is 0 Å². The first-order valence-electron chi connectivity index (χ1n) is 7.42. The third kappa shape index (κ3) is 3.91. The number of nitrogens with two attached hydrogens (primary N) is 1. The molecule has 0 aliphatic carbocycles. The maximum absolute atomic E-state index is 6.59. The number of aromatic nitrogens is 1. The third-order valence-corrected chi connectivity index (χ3v) is 3.93. The van der Waals surface area contributed by atoms with E-state index >= 15 is 0 Å². The Kier molecular flexibility index (Phi) is 4.91. The van der Waals surface area contributed by atoms with Gasteiger partial charge in [-0.2, -0.15) is 0 Å². The molecule has 0 radical (unpaired) electrons. The minimum Gasteiger partial charge on any atom is -0.324 e. The molecule has 2 heteroatoms. The van der Waals surface area contributed by atoms with E-state index in [-0.39, 0.29) is 5.54 Å². The van der Waals surface area contributed by atoms with Gasteiger partial charge in [-0.05, 0) is 36.5 Å². The van der Waals surface area contributed by atoms with Crippen LogP contribution in [0, 0.1) is 0 Å². The standard InChI is InChI=1S/C18H24N2/c1-3-15-10-11-17(20-14-15)13-18(19,4-2)12-16-8-6-5-7-9-16/h5-11,14H,3-4,12-13,19H2,1-2H3. The molecule has 1 aromatic heterocycles. The molecule has 106 valence electrons. The van der Waals surface area contributed by atoms with Gasteiger partial charge in [0.2, 0.25) is 0 Å². The van der Waals surface area contributed by atoms with Crippen molar-refractivity contribution >= 4 is 0 Å². The Morgan fingerprint density at radius 2 is 1.70 bits per heavy atom. The highest BCUT2D eigenvalue weighted by molar-refractivity contribution is 5.20. The zero-order chi connectivity index (χ0) is 14.4. The van der Waals surface area contributed by atoms with Crippen LogP contribution >= 0.6 is 0 Å². The van der Waals surface area contributed by atoms with Gasteiger partial charge in [-0.25, -0.2) is 0 Å². The fourth-order valence-electron chi connectivity index (χ4n) is 2.44. The van der Waals surface area contributed by atoms with E-state index in [1.165, 1.54) is 11.1 Å². The highest BCUT2D eigenvalue weighted by Crippen LogP contribution is 2.19. The summed E-state index contributed by atoms with van der Waals surface area (Å²) in [5.74, 6) is 0. The molecule has 1 aromatic carbocycles. The molecule has 0 spiro atoms. The lowest BCUT2D eigenvalue weighted by Gasteiger charge is -2.28. The van der Waals surface area contributed by atoms with Gasteiger partial charge in [-0.3, -0.25) is 4.98 Å². The number of pyridine rings is 1. The molecule has 2 rings (SSSR count). The van der Waals surface area contributed by atoms with Crippen molar-refractivity contribution in [3.63, 3.8) is 0 Å². The summed E-state index contributed by atoms with van der Waals surface area (Å²) < 4.78 is 0. The van der Waals surface area contributed by atoms with Crippen molar-refractivity contribution in [3.05, 3.63) is 65.5 Å². The normalized spacial score (nSPS) is 13.9. The first kappa shape index (κ1) is 14.7. The molecule has 1 atom stereocenters. The van der Waals surface area contributed by atoms with Crippen molar-refractivity contribution in [2.45, 2.75) is 45.1 Å². The minimum atomic E-state index is -0.220. The molecule has 0 amide bonds. The maximum atomic E-state index is 6.59. The van der Waals surface area contributed by atoms with Crippen LogP contribution in [0.4, 0.5) is 0 Å². The second-order valence-electron chi connectivity index (χ2n) is 5.57. The average Bonchev–Trinajstić information content (AvgIpc) is 2.49. The van der Waals surface area contributed by atoms with Crippen LogP contribution in [0.2, 0.25) is 0 Å². The molecule has 0 bridgehead atoms. The lowest BCUT2D eigenvalue weighted by molar-refractivity contribution is 0.400. The Morgan fingerprint density at radius 3 is 2.25 bits per heavy atom. The van der Waals surface area contributed by atoms with E-state index in [2.05, 4.69) is 55.2 Å². The monoisotopic (exact) mass is 268 g/mol. The van der Waals surface area contributed by atoms with Gasteiger partial charge >= 0.3 is 0 Å². The van der Waals surface area contributed by atoms with Crippen LogP contribution in [0.5, 0.6) is 0 Å². The van der Waals surface area contributed by atoms with E-state index in [1.807, 2.05) is 12.3 Å². The summed E-state index contributed by atoms with van der Waals surface area (Å²) in [4.78, 5) is 4.54. The lowest BCUT2D eigenvalue weighted by atomic mass is 9.85. The van der Waals surface area contributed by atoms with E-state index in [4.69, 9.17) is 5.73 Å². The summed E-state index contributed by atoms with van der Waals surface area (Å²) in [6.45, 7) is 4.30. The van der Waals surface area contributed by atoms with Gasteiger partial charge in [0.15, 0.2) is 0 Å². The molecule has 0 saturated carbocycles. The minimum absolute atomic E-state index is 0.220. The van der Waals surface area contributed by atoms with E-state index < -0.39 is 0 Å². The number of aryl methyl sites for hydroxylation is 1. The fraction of sp³-hybridized carbons (Fsp3) is 0.389. The predicted molar refractivity (Wildman–Crippen MR) is 84.7 cm³/mol. The lowest BCUT2D eigenvalue weighted by Crippen LogP contribution is -2.43. The first-order chi connectivity index (χ1) is 9.65. The molecule has 1 heterocycles. The molecule has 0 aliphatic heterocycles. The Morgan fingerprint density at radius 1 is 0.950 bits per heavy atom. The van der Waals surface area contributed by atoms with E-state index in [1.54, 1.807) is 0 Å². The molecule has 2 nitrogen and oxygen atoms in total. The summed E-state index contributed by atoms with van der Waals surface area (Å²) in [6, 6.07) is 14.7. The van der Waals surface area contributed by atoms with E-state index in [0.717, 1.165) is 31.4 Å². The predicted octanol–water partition coefficient (Wildman–Crippen LogP) is 3.54. The summed E-state index contributed by atoms with van der Waals surface area (Å²) in [7, 11) is 0. The van der Waals surface area contributed by atoms with Gasteiger partial charge < -0.3 is 5.73 Å². The summed E-state index contributed by atoms with van der Waals surface area (Å²) in [6.07, 6.45) is 5.65. The topological polar surface area (TPSA) is 38.9 Å². The Labute approximate surface area is 122 Å². The van der Waals surface area contributed by atoms with Crippen molar-refractivity contribution in [2.24, 2.45) is 5.73 Å². The Balaban J connectivity index is 2.09. The Hall–Kier alpha value is -1.67. The molecule has 0 saturated heterocycles. The van der Waals surface area contributed by atoms with Crippen molar-refractivity contribution in [1.29, 1.82) is 0 Å². The smallest absolute Gasteiger partial charge is 0.0422 e. The van der Waals surface area contributed by atoms with Crippen LogP contribution in [0.1, 0.15) is 37.1 Å². The van der Waals surface area contributed by atoms with Gasteiger partial charge in [-0.1, -0.05) is 50.2 Å². The zero-order valence-corrected chi connectivity index (χ0v) is 12.5. The molecule has 2 aromatic rings. The van der Waals surface area contributed by atoms with Crippen molar-refractivity contribution in [1.82, 2.24) is 4.98 Å². The maximum Gasteiger partial charge on any atom is 0.0422 e. The molecule has 0 fully saturated rings. The van der Waals surface area contributed by atoms with Crippen molar-refractivity contribution < 1.29 is 0 Å². The summed E-state index contributed by atoms with van der Waals surface area (Å²) in [5.41, 5.74) is 10.0. The number of hydrogen-bond acceptors (Lipinski definition) is 2. The van der Waals surface area contributed by atoms with Crippen LogP contribution in [0.25, 0.3) is 0 Å². The molecular weight excluding hydrogens is 244 g/mol. The molecule has 20 heavy (non-hydrogen) atoms. The number of nitrogens with zero attached hydrogens (tertiary/aromatic N) is 1. The van der Waals surface area contributed by atoms with E-state index in [9.17, 15) is 0 Å². The van der Waals surface area contributed by atoms with Gasteiger partial charge in [0.25, 0.3) is 0 Å². The van der Waals surface area contributed by atoms with Crippen LogP contribution in [0.3, 0.4) is 0 Å². The third-order valence-electron chi connectivity index (χ3n) is 3.93. The van der Waals surface area contributed by atoms with Crippen LogP contribution in [0.15, 0.2) is 48.7 Å². The molecule has 2 N–H and O–H groups in total. The highest BCUT2D eigenvalue weighted by Gasteiger charge is 2.24. The largest absolute Gasteiger partial charge is 0.324 e. The zero-order valence-electron chi connectivity index (χ0n) is 12.5. The first-order valence-corrected chi connectivity index (χ1v) is 7.42. The summed E-state index contributed by atoms with van der Waals surface area (Å²) >= 11 is 0. The molecule has 1 unspecified atom stereocenters. The SMILES string of the molecule is CCc1ccc(CC(N)(CC)Cc2ccccc2)nc1. The fourth-order valence-corrected chi connectivity index (χ4v) is 2.44. The number of benzene rings is 1. The highest BCUT2D eigenvalue weighted by atomic mass is 14.8. The van der Waals surface area contributed by atoms with Gasteiger partial charge in [0.1, 0.15) is 0 Å². The quantitative estimate of drug-likeness (QED) is 0.870. The van der Waals surface area contributed by atoms with E-state index in [0.29, 0.717) is 0 Å². The second kappa shape index (κ2) is 6.67. The van der Waals surface area contributed by atoms with Gasteiger partial charge in [0, 0.05) is 23.9 Å². The van der Waals surface area contributed by atoms with Crippen LogP contribution < -0.4 is 5.73 Å². The average molecular weight is 268 g/mol. The van der Waals surface area contributed by atoms with Crippen molar-refractivity contribution in [2.75, 3.05) is 0 Å². The molecular formula is C18H24N2. The van der Waals surface area contributed by atoms with Crippen molar-refractivity contribution in [3.8, 4) is 0 Å². The second-order valence-corrected chi connectivity index (χ2v) is 5.57. The number of rotatable bonds is 6. The van der Waals surface area contributed by atoms with Gasteiger partial charge in [-0.15, -0.1) is 0 Å². The molecule has 0 aliphatic rings. The summed E-state index contributed by atoms with van der Waals surface area (Å²) in [5, 5.41) is 0. The van der Waals surface area contributed by atoms with Crippen LogP contribution in [-0.4, -0.2) is 10.5 Å². The Bertz CT molecular complexity index is 519.